The second kappa shape index (κ2) is 5.58. The van der Waals surface area contributed by atoms with Crippen LogP contribution in [0.5, 0.6) is 0 Å². The van der Waals surface area contributed by atoms with Gasteiger partial charge in [-0.3, -0.25) is 4.79 Å². The number of carbonyl (C=O) groups is 1. The summed E-state index contributed by atoms with van der Waals surface area (Å²) >= 11 is 5.80. The number of Topliss-reactive ketones (excluding diaryl/α,β-unsaturated/α-hetero) is 1. The Bertz CT molecular complexity index is 794. The van der Waals surface area contributed by atoms with Gasteiger partial charge in [-0.05, 0) is 36.4 Å². The van der Waals surface area contributed by atoms with Crippen molar-refractivity contribution < 1.29 is 9.21 Å². The van der Waals surface area contributed by atoms with E-state index in [4.69, 9.17) is 21.8 Å². The van der Waals surface area contributed by atoms with E-state index in [9.17, 15) is 4.79 Å². The number of ketones is 1. The maximum atomic E-state index is 12.1. The molecule has 0 radical (unpaired) electrons. The van der Waals surface area contributed by atoms with Gasteiger partial charge in [0, 0.05) is 23.4 Å². The number of nitrogen functional groups attached to an aromatic ring is 1. The van der Waals surface area contributed by atoms with Crippen molar-refractivity contribution in [2.75, 3.05) is 5.73 Å². The van der Waals surface area contributed by atoms with Crippen LogP contribution in [0.1, 0.15) is 22.7 Å². The van der Waals surface area contributed by atoms with E-state index in [0.29, 0.717) is 46.1 Å². The molecule has 3 rings (SSSR count). The van der Waals surface area contributed by atoms with Crippen molar-refractivity contribution in [2.45, 2.75) is 12.8 Å². The number of benzene rings is 2. The highest BCUT2D eigenvalue weighted by Crippen LogP contribution is 2.22. The fourth-order valence-electron chi connectivity index (χ4n) is 2.12. The molecule has 5 heteroatoms. The van der Waals surface area contributed by atoms with E-state index >= 15 is 0 Å². The Balaban J connectivity index is 1.72. The van der Waals surface area contributed by atoms with E-state index in [1.807, 2.05) is 12.1 Å². The standard InChI is InChI=1S/C16H13ClN2O2/c17-11-6-4-10(5-7-11)13(20)8-9-15-19-16-12(18)2-1-3-14(16)21-15/h1-7H,8-9,18H2. The lowest BCUT2D eigenvalue weighted by Crippen LogP contribution is -2.01. The third-order valence-electron chi connectivity index (χ3n) is 3.23. The number of rotatable bonds is 4. The first-order valence-electron chi connectivity index (χ1n) is 6.56. The highest BCUT2D eigenvalue weighted by molar-refractivity contribution is 6.30. The van der Waals surface area contributed by atoms with Gasteiger partial charge < -0.3 is 10.2 Å². The number of fused-ring (bicyclic) bond motifs is 1. The predicted octanol–water partition coefficient (Wildman–Crippen LogP) is 3.88. The van der Waals surface area contributed by atoms with Crippen molar-refractivity contribution in [3.63, 3.8) is 0 Å². The molecule has 4 nitrogen and oxygen atoms in total. The maximum Gasteiger partial charge on any atom is 0.196 e. The molecule has 0 spiro atoms. The summed E-state index contributed by atoms with van der Waals surface area (Å²) < 4.78 is 5.59. The van der Waals surface area contributed by atoms with Crippen LogP contribution in [0.15, 0.2) is 46.9 Å². The van der Waals surface area contributed by atoms with Crippen molar-refractivity contribution in [1.82, 2.24) is 4.98 Å². The number of para-hydroxylation sites is 1. The van der Waals surface area contributed by atoms with Gasteiger partial charge in [-0.1, -0.05) is 17.7 Å². The average Bonchev–Trinajstić information content (AvgIpc) is 2.90. The van der Waals surface area contributed by atoms with Crippen molar-refractivity contribution in [3.05, 3.63) is 58.9 Å². The number of halogens is 1. The van der Waals surface area contributed by atoms with Gasteiger partial charge >= 0.3 is 0 Å². The minimum atomic E-state index is 0.0295. The topological polar surface area (TPSA) is 69.1 Å². The summed E-state index contributed by atoms with van der Waals surface area (Å²) in [5.41, 5.74) is 8.33. The number of aromatic nitrogens is 1. The van der Waals surface area contributed by atoms with Gasteiger partial charge in [-0.2, -0.15) is 0 Å². The zero-order valence-electron chi connectivity index (χ0n) is 11.2. The Labute approximate surface area is 126 Å². The minimum Gasteiger partial charge on any atom is -0.441 e. The molecule has 0 aliphatic rings. The molecule has 0 unspecified atom stereocenters. The Morgan fingerprint density at radius 2 is 1.95 bits per heavy atom. The lowest BCUT2D eigenvalue weighted by molar-refractivity contribution is 0.0980. The van der Waals surface area contributed by atoms with Gasteiger partial charge in [0.2, 0.25) is 0 Å². The quantitative estimate of drug-likeness (QED) is 0.586. The van der Waals surface area contributed by atoms with Crippen molar-refractivity contribution in [3.8, 4) is 0 Å². The van der Waals surface area contributed by atoms with Gasteiger partial charge in [0.05, 0.1) is 5.69 Å². The van der Waals surface area contributed by atoms with E-state index in [1.165, 1.54) is 0 Å². The van der Waals surface area contributed by atoms with Crippen LogP contribution in [0.4, 0.5) is 5.69 Å². The summed E-state index contributed by atoms with van der Waals surface area (Å²) in [5.74, 6) is 0.548. The van der Waals surface area contributed by atoms with Crippen LogP contribution in [-0.2, 0) is 6.42 Å². The van der Waals surface area contributed by atoms with Crippen LogP contribution in [-0.4, -0.2) is 10.8 Å². The van der Waals surface area contributed by atoms with E-state index < -0.39 is 0 Å². The number of carbonyl (C=O) groups excluding carboxylic acids is 1. The van der Waals surface area contributed by atoms with Crippen LogP contribution in [0, 0.1) is 0 Å². The zero-order chi connectivity index (χ0) is 14.8. The van der Waals surface area contributed by atoms with Crippen LogP contribution in [0.25, 0.3) is 11.1 Å². The number of hydrogen-bond acceptors (Lipinski definition) is 4. The summed E-state index contributed by atoms with van der Waals surface area (Å²) in [6, 6.07) is 12.2. The molecule has 0 saturated carbocycles. The fourth-order valence-corrected chi connectivity index (χ4v) is 2.25. The normalized spacial score (nSPS) is 10.9. The third kappa shape index (κ3) is 2.90. The summed E-state index contributed by atoms with van der Waals surface area (Å²) in [4.78, 5) is 16.4. The Morgan fingerprint density at radius 3 is 2.67 bits per heavy atom. The van der Waals surface area contributed by atoms with E-state index in [-0.39, 0.29) is 5.78 Å². The molecule has 0 aliphatic heterocycles. The first kappa shape index (κ1) is 13.6. The smallest absolute Gasteiger partial charge is 0.196 e. The fraction of sp³-hybridized carbons (Fsp3) is 0.125. The van der Waals surface area contributed by atoms with E-state index in [1.54, 1.807) is 30.3 Å². The van der Waals surface area contributed by atoms with Crippen LogP contribution < -0.4 is 5.73 Å². The van der Waals surface area contributed by atoms with Gasteiger partial charge in [-0.25, -0.2) is 4.98 Å². The molecule has 0 saturated heterocycles. The van der Waals surface area contributed by atoms with Crippen molar-refractivity contribution >= 4 is 34.2 Å². The van der Waals surface area contributed by atoms with Gasteiger partial charge in [0.1, 0.15) is 5.52 Å². The van der Waals surface area contributed by atoms with Crippen LogP contribution in [0.2, 0.25) is 5.02 Å². The summed E-state index contributed by atoms with van der Waals surface area (Å²) in [6.07, 6.45) is 0.768. The van der Waals surface area contributed by atoms with Gasteiger partial charge in [0.25, 0.3) is 0 Å². The first-order chi connectivity index (χ1) is 10.1. The SMILES string of the molecule is Nc1cccc2oc(CCC(=O)c3ccc(Cl)cc3)nc12. The number of nitrogens with zero attached hydrogens (tertiary/aromatic N) is 1. The molecule has 3 aromatic rings. The molecule has 1 heterocycles. The highest BCUT2D eigenvalue weighted by atomic mass is 35.5. The Morgan fingerprint density at radius 1 is 1.19 bits per heavy atom. The monoisotopic (exact) mass is 300 g/mol. The maximum absolute atomic E-state index is 12.1. The molecule has 0 bridgehead atoms. The molecule has 106 valence electrons. The van der Waals surface area contributed by atoms with Gasteiger partial charge in [0.15, 0.2) is 17.3 Å². The minimum absolute atomic E-state index is 0.0295. The molecular weight excluding hydrogens is 288 g/mol. The second-order valence-electron chi connectivity index (χ2n) is 4.73. The van der Waals surface area contributed by atoms with E-state index in [2.05, 4.69) is 4.98 Å². The number of hydrogen-bond donors (Lipinski definition) is 1. The molecule has 2 aromatic carbocycles. The lowest BCUT2D eigenvalue weighted by atomic mass is 10.1. The molecule has 0 atom stereocenters. The number of nitrogens with two attached hydrogens (primary N) is 1. The largest absolute Gasteiger partial charge is 0.441 e. The first-order valence-corrected chi connectivity index (χ1v) is 6.94. The predicted molar refractivity (Wildman–Crippen MR) is 82.5 cm³/mol. The summed E-state index contributed by atoms with van der Waals surface area (Å²) in [6.45, 7) is 0. The number of anilines is 1. The van der Waals surface area contributed by atoms with Gasteiger partial charge in [-0.15, -0.1) is 0 Å². The van der Waals surface area contributed by atoms with E-state index in [0.717, 1.165) is 0 Å². The molecular formula is C16H13ClN2O2. The molecule has 2 N–H and O–H groups in total. The molecule has 1 aromatic heterocycles. The molecule has 0 fully saturated rings. The Kier molecular flexibility index (Phi) is 3.62. The van der Waals surface area contributed by atoms with Crippen molar-refractivity contribution in [2.24, 2.45) is 0 Å². The van der Waals surface area contributed by atoms with Crippen molar-refractivity contribution in [1.29, 1.82) is 0 Å². The lowest BCUT2D eigenvalue weighted by Gasteiger charge is -1.99. The summed E-state index contributed by atoms with van der Waals surface area (Å²) in [5, 5.41) is 0.612. The molecule has 0 amide bonds. The molecule has 21 heavy (non-hydrogen) atoms. The molecule has 0 aliphatic carbocycles. The number of oxazole rings is 1. The van der Waals surface area contributed by atoms with Crippen LogP contribution >= 0.6 is 11.6 Å². The summed E-state index contributed by atoms with van der Waals surface area (Å²) in [7, 11) is 0. The Hall–Kier alpha value is -2.33. The average molecular weight is 301 g/mol. The third-order valence-corrected chi connectivity index (χ3v) is 3.48. The number of aryl methyl sites for hydroxylation is 1. The van der Waals surface area contributed by atoms with Crippen LogP contribution in [0.3, 0.4) is 0 Å². The highest BCUT2D eigenvalue weighted by Gasteiger charge is 2.11. The zero-order valence-corrected chi connectivity index (χ0v) is 11.9. The second-order valence-corrected chi connectivity index (χ2v) is 5.17.